The second kappa shape index (κ2) is 4.97. The van der Waals surface area contributed by atoms with Crippen LogP contribution in [0.2, 0.25) is 0 Å². The highest BCUT2D eigenvalue weighted by atomic mass is 14.8. The number of hydrogen-bond donors (Lipinski definition) is 1. The zero-order valence-electron chi connectivity index (χ0n) is 8.50. The number of hydrogen-bond acceptors (Lipinski definition) is 1. The van der Waals surface area contributed by atoms with E-state index in [2.05, 4.69) is 41.7 Å². The molecular weight excluding hydrogens is 170 g/mol. The summed E-state index contributed by atoms with van der Waals surface area (Å²) in [7, 11) is 0. The number of nitrogens with one attached hydrogen (secondary N) is 1. The van der Waals surface area contributed by atoms with Gasteiger partial charge in [-0.1, -0.05) is 42.0 Å². The molecule has 0 fully saturated rings. The minimum Gasteiger partial charge on any atom is -0.313 e. The molecule has 1 aromatic carbocycles. The fraction of sp³-hybridized carbons (Fsp3) is 0.385. The van der Waals surface area contributed by atoms with Crippen molar-refractivity contribution in [3.05, 3.63) is 47.5 Å². The topological polar surface area (TPSA) is 12.0 Å². The van der Waals surface area contributed by atoms with Crippen LogP contribution < -0.4 is 5.32 Å². The van der Waals surface area contributed by atoms with Gasteiger partial charge in [-0.3, -0.25) is 0 Å². The Morgan fingerprint density at radius 2 is 1.93 bits per heavy atom. The lowest BCUT2D eigenvalue weighted by Crippen LogP contribution is -2.20. The summed E-state index contributed by atoms with van der Waals surface area (Å²) in [4.78, 5) is 0. The fourth-order valence-electron chi connectivity index (χ4n) is 1.85. The molecule has 0 radical (unpaired) electrons. The molecule has 1 aliphatic heterocycles. The van der Waals surface area contributed by atoms with Crippen molar-refractivity contribution in [3.63, 3.8) is 0 Å². The molecule has 1 aromatic rings. The quantitative estimate of drug-likeness (QED) is 0.717. The van der Waals surface area contributed by atoms with E-state index >= 15 is 0 Å². The van der Waals surface area contributed by atoms with Gasteiger partial charge in [0.2, 0.25) is 0 Å². The van der Waals surface area contributed by atoms with Gasteiger partial charge < -0.3 is 5.32 Å². The molecule has 0 atom stereocenters. The molecule has 1 aliphatic rings. The molecule has 0 amide bonds. The van der Waals surface area contributed by atoms with E-state index in [-0.39, 0.29) is 0 Å². The summed E-state index contributed by atoms with van der Waals surface area (Å²) in [5.74, 6) is 0. The second-order valence-electron chi connectivity index (χ2n) is 3.80. The predicted molar refractivity (Wildman–Crippen MR) is 60.3 cm³/mol. The van der Waals surface area contributed by atoms with E-state index in [1.165, 1.54) is 24.8 Å². The van der Waals surface area contributed by atoms with Gasteiger partial charge in [-0.2, -0.15) is 0 Å². The Morgan fingerprint density at radius 3 is 2.64 bits per heavy atom. The van der Waals surface area contributed by atoms with E-state index in [4.69, 9.17) is 0 Å². The van der Waals surface area contributed by atoms with Crippen molar-refractivity contribution >= 4 is 0 Å². The third-order valence-electron chi connectivity index (χ3n) is 2.74. The maximum atomic E-state index is 3.34. The van der Waals surface area contributed by atoms with Crippen molar-refractivity contribution < 1.29 is 0 Å². The zero-order chi connectivity index (χ0) is 9.64. The van der Waals surface area contributed by atoms with Gasteiger partial charge in [0.05, 0.1) is 0 Å². The monoisotopic (exact) mass is 187 g/mol. The molecule has 2 rings (SSSR count). The van der Waals surface area contributed by atoms with Crippen LogP contribution in [0.1, 0.15) is 18.4 Å². The molecule has 1 N–H and O–H groups in total. The van der Waals surface area contributed by atoms with Crippen molar-refractivity contribution in [2.45, 2.75) is 19.3 Å². The Kier molecular flexibility index (Phi) is 3.36. The number of rotatable bonds is 3. The minimum absolute atomic E-state index is 1.06. The maximum Gasteiger partial charge on any atom is 0.0137 e. The van der Waals surface area contributed by atoms with Gasteiger partial charge in [-0.25, -0.2) is 0 Å². The molecule has 14 heavy (non-hydrogen) atoms. The van der Waals surface area contributed by atoms with Gasteiger partial charge in [0.1, 0.15) is 0 Å². The zero-order valence-corrected chi connectivity index (χ0v) is 8.50. The molecule has 74 valence electrons. The summed E-state index contributed by atoms with van der Waals surface area (Å²) in [6, 6.07) is 10.7. The molecule has 0 bridgehead atoms. The Balaban J connectivity index is 1.85. The average molecular weight is 187 g/mol. The lowest BCUT2D eigenvalue weighted by Gasteiger charge is -2.13. The van der Waals surface area contributed by atoms with Crippen LogP contribution in [0.3, 0.4) is 0 Å². The minimum atomic E-state index is 1.06. The summed E-state index contributed by atoms with van der Waals surface area (Å²) in [5.41, 5.74) is 3.07. The first-order valence-corrected chi connectivity index (χ1v) is 5.38. The molecule has 0 saturated heterocycles. The molecule has 1 nitrogen and oxygen atoms in total. The smallest absolute Gasteiger partial charge is 0.0137 e. The largest absolute Gasteiger partial charge is 0.313 e. The van der Waals surface area contributed by atoms with E-state index in [1.54, 1.807) is 5.57 Å². The standard InChI is InChI=1S/C13H17N/c1-2-4-12(5-3-1)6-7-13-8-10-14-11-9-13/h1-5,8,14H,6-7,9-11H2. The van der Waals surface area contributed by atoms with Crippen molar-refractivity contribution in [1.29, 1.82) is 0 Å². The summed E-state index contributed by atoms with van der Waals surface area (Å²) in [6.45, 7) is 2.21. The van der Waals surface area contributed by atoms with Crippen LogP contribution in [0.15, 0.2) is 42.0 Å². The maximum absolute atomic E-state index is 3.34. The number of benzene rings is 1. The molecule has 0 aromatic heterocycles. The van der Waals surface area contributed by atoms with Crippen molar-refractivity contribution in [2.24, 2.45) is 0 Å². The van der Waals surface area contributed by atoms with Crippen LogP contribution in [0.25, 0.3) is 0 Å². The van der Waals surface area contributed by atoms with Gasteiger partial charge in [0.15, 0.2) is 0 Å². The fourth-order valence-corrected chi connectivity index (χ4v) is 1.85. The highest BCUT2D eigenvalue weighted by molar-refractivity contribution is 5.17. The lowest BCUT2D eigenvalue weighted by molar-refractivity contribution is 0.678. The third kappa shape index (κ3) is 2.71. The predicted octanol–water partition coefficient (Wildman–Crippen LogP) is 2.54. The molecular formula is C13H17N. The van der Waals surface area contributed by atoms with Gasteiger partial charge in [0.25, 0.3) is 0 Å². The first-order valence-electron chi connectivity index (χ1n) is 5.38. The third-order valence-corrected chi connectivity index (χ3v) is 2.74. The Hall–Kier alpha value is -1.08. The van der Waals surface area contributed by atoms with Crippen LogP contribution in [0, 0.1) is 0 Å². The summed E-state index contributed by atoms with van der Waals surface area (Å²) in [6.07, 6.45) is 5.98. The van der Waals surface area contributed by atoms with Crippen LogP contribution in [-0.4, -0.2) is 13.1 Å². The molecule has 0 spiro atoms. The number of aryl methyl sites for hydroxylation is 1. The van der Waals surface area contributed by atoms with Crippen LogP contribution >= 0.6 is 0 Å². The normalized spacial score (nSPS) is 16.4. The average Bonchev–Trinajstić information content (AvgIpc) is 2.29. The summed E-state index contributed by atoms with van der Waals surface area (Å²) < 4.78 is 0. The van der Waals surface area contributed by atoms with E-state index < -0.39 is 0 Å². The van der Waals surface area contributed by atoms with Gasteiger partial charge in [-0.15, -0.1) is 0 Å². The molecule has 0 unspecified atom stereocenters. The van der Waals surface area contributed by atoms with Crippen molar-refractivity contribution in [1.82, 2.24) is 5.32 Å². The first-order chi connectivity index (χ1) is 6.95. The molecule has 1 heterocycles. The van der Waals surface area contributed by atoms with Crippen molar-refractivity contribution in [2.75, 3.05) is 13.1 Å². The van der Waals surface area contributed by atoms with Gasteiger partial charge in [-0.05, 0) is 31.4 Å². The molecule has 1 heteroatoms. The van der Waals surface area contributed by atoms with Crippen LogP contribution in [0.4, 0.5) is 0 Å². The van der Waals surface area contributed by atoms with E-state index in [1.807, 2.05) is 0 Å². The van der Waals surface area contributed by atoms with Crippen molar-refractivity contribution in [3.8, 4) is 0 Å². The highest BCUT2D eigenvalue weighted by Crippen LogP contribution is 2.13. The Morgan fingerprint density at radius 1 is 1.07 bits per heavy atom. The van der Waals surface area contributed by atoms with Crippen LogP contribution in [-0.2, 0) is 6.42 Å². The van der Waals surface area contributed by atoms with Crippen LogP contribution in [0.5, 0.6) is 0 Å². The van der Waals surface area contributed by atoms with Gasteiger partial charge >= 0.3 is 0 Å². The first kappa shape index (κ1) is 9.47. The highest BCUT2D eigenvalue weighted by Gasteiger charge is 2.02. The van der Waals surface area contributed by atoms with E-state index in [0.717, 1.165) is 13.1 Å². The second-order valence-corrected chi connectivity index (χ2v) is 3.80. The molecule has 0 aliphatic carbocycles. The SMILES string of the molecule is C1=C(CCc2ccccc2)CCNC1. The van der Waals surface area contributed by atoms with E-state index in [9.17, 15) is 0 Å². The van der Waals surface area contributed by atoms with Gasteiger partial charge in [0, 0.05) is 6.54 Å². The Bertz CT molecular complexity index is 300. The summed E-state index contributed by atoms with van der Waals surface area (Å²) >= 11 is 0. The summed E-state index contributed by atoms with van der Waals surface area (Å²) in [5, 5.41) is 3.34. The lowest BCUT2D eigenvalue weighted by atomic mass is 10.0. The Labute approximate surface area is 85.8 Å². The van der Waals surface area contributed by atoms with E-state index in [0.29, 0.717) is 0 Å². The molecule has 0 saturated carbocycles.